The minimum Gasteiger partial charge on any atom is -0.363 e. The van der Waals surface area contributed by atoms with Gasteiger partial charge in [-0.25, -0.2) is 9.97 Å². The van der Waals surface area contributed by atoms with Crippen LogP contribution >= 0.6 is 0 Å². The summed E-state index contributed by atoms with van der Waals surface area (Å²) in [6.07, 6.45) is 6.54. The zero-order valence-corrected chi connectivity index (χ0v) is 15.7. The van der Waals surface area contributed by atoms with Gasteiger partial charge in [0, 0.05) is 29.0 Å². The smallest absolute Gasteiger partial charge is 0.286 e. The fourth-order valence-electron chi connectivity index (χ4n) is 3.86. The summed E-state index contributed by atoms with van der Waals surface area (Å²) >= 11 is 0. The van der Waals surface area contributed by atoms with Gasteiger partial charge < -0.3 is 11.5 Å². The van der Waals surface area contributed by atoms with Crippen molar-refractivity contribution >= 4 is 16.9 Å². The van der Waals surface area contributed by atoms with E-state index in [9.17, 15) is 4.79 Å². The average Bonchev–Trinajstić information content (AvgIpc) is 3.11. The van der Waals surface area contributed by atoms with Crippen LogP contribution in [0.5, 0.6) is 0 Å². The Hall–Kier alpha value is -3.58. The topological polar surface area (TPSA) is 113 Å². The Kier molecular flexibility index (Phi) is 3.92. The number of hydrogen-bond acceptors (Lipinski definition) is 5. The maximum atomic E-state index is 11.6. The van der Waals surface area contributed by atoms with Crippen LogP contribution in [0.2, 0.25) is 0 Å². The van der Waals surface area contributed by atoms with Crippen LogP contribution < -0.4 is 11.5 Å². The Morgan fingerprint density at radius 3 is 2.48 bits per heavy atom. The van der Waals surface area contributed by atoms with Gasteiger partial charge in [-0.2, -0.15) is 0 Å². The van der Waals surface area contributed by atoms with Gasteiger partial charge in [-0.15, -0.1) is 0 Å². The molecule has 3 heterocycles. The van der Waals surface area contributed by atoms with Crippen molar-refractivity contribution in [2.75, 3.05) is 0 Å². The highest BCUT2D eigenvalue weighted by Gasteiger charge is 2.34. The molecule has 4 N–H and O–H groups in total. The van der Waals surface area contributed by atoms with Crippen LogP contribution in [0.1, 0.15) is 35.4 Å². The second-order valence-electron chi connectivity index (χ2n) is 7.47. The van der Waals surface area contributed by atoms with Crippen molar-refractivity contribution in [3.8, 4) is 17.1 Å². The molecule has 7 nitrogen and oxygen atoms in total. The third kappa shape index (κ3) is 2.87. The molecule has 7 heteroatoms. The van der Waals surface area contributed by atoms with Crippen molar-refractivity contribution in [3.63, 3.8) is 0 Å². The van der Waals surface area contributed by atoms with Crippen LogP contribution in [0.15, 0.2) is 60.9 Å². The largest absolute Gasteiger partial charge is 0.363 e. The maximum Gasteiger partial charge on any atom is 0.286 e. The molecular formula is C22H20N6O. The van der Waals surface area contributed by atoms with Crippen molar-refractivity contribution < 1.29 is 4.79 Å². The Bertz CT molecular complexity index is 1210. The molecule has 3 aromatic heterocycles. The predicted molar refractivity (Wildman–Crippen MR) is 110 cm³/mol. The summed E-state index contributed by atoms with van der Waals surface area (Å²) < 4.78 is 1.97. The number of carbonyl (C=O) groups is 1. The molecule has 4 aromatic rings. The molecule has 1 aliphatic rings. The second-order valence-corrected chi connectivity index (χ2v) is 7.47. The first kappa shape index (κ1) is 17.5. The van der Waals surface area contributed by atoms with Crippen LogP contribution in [-0.4, -0.2) is 25.4 Å². The van der Waals surface area contributed by atoms with Gasteiger partial charge >= 0.3 is 0 Å². The summed E-state index contributed by atoms with van der Waals surface area (Å²) in [5, 5.41) is 0.800. The van der Waals surface area contributed by atoms with E-state index in [0.29, 0.717) is 5.65 Å². The molecule has 1 saturated carbocycles. The maximum absolute atomic E-state index is 11.6. The number of carbonyl (C=O) groups excluding carboxylic acids is 1. The molecule has 0 aliphatic heterocycles. The number of pyridine rings is 1. The molecule has 0 saturated heterocycles. The fraction of sp³-hybridized carbons (Fsp3) is 0.182. The van der Waals surface area contributed by atoms with E-state index in [0.717, 1.165) is 47.3 Å². The number of fused-ring (bicyclic) bond motifs is 1. The first-order valence-corrected chi connectivity index (χ1v) is 9.55. The molecule has 1 fully saturated rings. The molecule has 144 valence electrons. The number of nitrogens with zero attached hydrogens (tertiary/aromatic N) is 4. The van der Waals surface area contributed by atoms with Gasteiger partial charge in [0.05, 0.1) is 11.4 Å². The standard InChI is InChI=1S/C22H20N6O/c23-19(29)20-26-13-14-12-18(17-4-1-2-11-25-17)28(21(14)27-20)16-7-5-15(6-8-16)22(24)9-3-10-22/h1-2,4-8,11-13H,3,9-10,24H2,(H2,23,29). The van der Waals surface area contributed by atoms with Crippen molar-refractivity contribution in [1.29, 1.82) is 0 Å². The number of aromatic nitrogens is 4. The molecule has 0 spiro atoms. The van der Waals surface area contributed by atoms with E-state index in [1.807, 2.05) is 41.0 Å². The highest BCUT2D eigenvalue weighted by atomic mass is 16.1. The van der Waals surface area contributed by atoms with Gasteiger partial charge in [0.2, 0.25) is 5.82 Å². The quantitative estimate of drug-likeness (QED) is 0.562. The minimum absolute atomic E-state index is 0.0172. The van der Waals surface area contributed by atoms with E-state index in [4.69, 9.17) is 11.5 Å². The number of amides is 1. The minimum atomic E-state index is -0.663. The molecule has 5 rings (SSSR count). The summed E-state index contributed by atoms with van der Waals surface area (Å²) in [6, 6.07) is 15.9. The lowest BCUT2D eigenvalue weighted by atomic mass is 9.73. The number of hydrogen-bond donors (Lipinski definition) is 2. The lowest BCUT2D eigenvalue weighted by Crippen LogP contribution is -2.43. The first-order chi connectivity index (χ1) is 14.0. The van der Waals surface area contributed by atoms with Crippen molar-refractivity contribution in [3.05, 3.63) is 72.3 Å². The number of primary amides is 1. The molecule has 1 aliphatic carbocycles. The SMILES string of the molecule is NC(=O)c1ncc2cc(-c3ccccn3)n(-c3ccc(C4(N)CCC4)cc3)c2n1. The van der Waals surface area contributed by atoms with Crippen molar-refractivity contribution in [2.24, 2.45) is 11.5 Å². The van der Waals surface area contributed by atoms with E-state index in [-0.39, 0.29) is 11.4 Å². The number of nitrogens with two attached hydrogens (primary N) is 2. The van der Waals surface area contributed by atoms with Crippen LogP contribution in [0.25, 0.3) is 28.1 Å². The Morgan fingerprint density at radius 1 is 1.07 bits per heavy atom. The molecule has 1 aromatic carbocycles. The molecule has 0 bridgehead atoms. The van der Waals surface area contributed by atoms with E-state index in [2.05, 4.69) is 27.1 Å². The monoisotopic (exact) mass is 384 g/mol. The summed E-state index contributed by atoms with van der Waals surface area (Å²) in [5.74, 6) is -0.680. The summed E-state index contributed by atoms with van der Waals surface area (Å²) in [6.45, 7) is 0. The third-order valence-electron chi connectivity index (χ3n) is 5.63. The second kappa shape index (κ2) is 6.49. The number of rotatable bonds is 4. The molecule has 0 radical (unpaired) electrons. The third-order valence-corrected chi connectivity index (χ3v) is 5.63. The molecule has 0 unspecified atom stereocenters. The van der Waals surface area contributed by atoms with Gasteiger partial charge in [0.1, 0.15) is 5.65 Å². The Morgan fingerprint density at radius 2 is 1.86 bits per heavy atom. The number of benzene rings is 1. The lowest BCUT2D eigenvalue weighted by Gasteiger charge is -2.38. The molecular weight excluding hydrogens is 364 g/mol. The lowest BCUT2D eigenvalue weighted by molar-refractivity contribution is 0.0990. The highest BCUT2D eigenvalue weighted by molar-refractivity contribution is 5.92. The first-order valence-electron chi connectivity index (χ1n) is 9.55. The van der Waals surface area contributed by atoms with Gasteiger partial charge in [-0.3, -0.25) is 14.3 Å². The van der Waals surface area contributed by atoms with Gasteiger partial charge in [0.15, 0.2) is 0 Å². The van der Waals surface area contributed by atoms with Gasteiger partial charge in [-0.1, -0.05) is 18.2 Å². The summed E-state index contributed by atoms with van der Waals surface area (Å²) in [5.41, 5.74) is 15.9. The molecule has 0 atom stereocenters. The molecule has 1 amide bonds. The average molecular weight is 384 g/mol. The summed E-state index contributed by atoms with van der Waals surface area (Å²) in [4.78, 5) is 24.6. The van der Waals surface area contributed by atoms with Crippen molar-refractivity contribution in [1.82, 2.24) is 19.5 Å². The van der Waals surface area contributed by atoms with E-state index >= 15 is 0 Å². The van der Waals surface area contributed by atoms with Crippen LogP contribution in [0.4, 0.5) is 0 Å². The van der Waals surface area contributed by atoms with Crippen LogP contribution in [0.3, 0.4) is 0 Å². The Labute approximate surface area is 167 Å². The van der Waals surface area contributed by atoms with E-state index < -0.39 is 5.91 Å². The normalized spacial score (nSPS) is 15.2. The zero-order chi connectivity index (χ0) is 20.0. The van der Waals surface area contributed by atoms with Crippen LogP contribution in [0, 0.1) is 0 Å². The highest BCUT2D eigenvalue weighted by Crippen LogP contribution is 2.39. The van der Waals surface area contributed by atoms with Gasteiger partial charge in [-0.05, 0) is 55.2 Å². The summed E-state index contributed by atoms with van der Waals surface area (Å²) in [7, 11) is 0. The van der Waals surface area contributed by atoms with Crippen molar-refractivity contribution in [2.45, 2.75) is 24.8 Å². The zero-order valence-electron chi connectivity index (χ0n) is 15.7. The van der Waals surface area contributed by atoms with E-state index in [1.165, 1.54) is 0 Å². The Balaban J connectivity index is 1.71. The van der Waals surface area contributed by atoms with Gasteiger partial charge in [0.25, 0.3) is 5.91 Å². The van der Waals surface area contributed by atoms with E-state index in [1.54, 1.807) is 12.4 Å². The molecule has 29 heavy (non-hydrogen) atoms. The fourth-order valence-corrected chi connectivity index (χ4v) is 3.86. The predicted octanol–water partition coefficient (Wildman–Crippen LogP) is 2.92. The van der Waals surface area contributed by atoms with Crippen LogP contribution in [-0.2, 0) is 5.54 Å².